The standard InChI is InChI=1S/C14H15N3OS/c18-14(17-9-13-16-5-6-19-13)11-2-1-10-3-4-15-8-12(10)7-11/h1-2,5-7,15H,3-4,8-9H2,(H,17,18). The number of hydrogen-bond acceptors (Lipinski definition) is 4. The Balaban J connectivity index is 1.69. The molecule has 0 fully saturated rings. The first-order valence-corrected chi connectivity index (χ1v) is 7.20. The van der Waals surface area contributed by atoms with Crippen molar-refractivity contribution in [2.24, 2.45) is 0 Å². The molecular weight excluding hydrogens is 258 g/mol. The molecule has 0 atom stereocenters. The van der Waals surface area contributed by atoms with Gasteiger partial charge in [0.25, 0.3) is 5.91 Å². The van der Waals surface area contributed by atoms with E-state index in [2.05, 4.69) is 21.7 Å². The molecule has 19 heavy (non-hydrogen) atoms. The molecule has 3 rings (SSSR count). The number of nitrogens with one attached hydrogen (secondary N) is 2. The van der Waals surface area contributed by atoms with Crippen molar-refractivity contribution in [3.05, 3.63) is 51.5 Å². The molecule has 0 unspecified atom stereocenters. The molecule has 0 spiro atoms. The van der Waals surface area contributed by atoms with E-state index in [0.717, 1.165) is 30.1 Å². The molecule has 98 valence electrons. The average Bonchev–Trinajstić information content (AvgIpc) is 2.97. The van der Waals surface area contributed by atoms with Gasteiger partial charge >= 0.3 is 0 Å². The van der Waals surface area contributed by atoms with E-state index < -0.39 is 0 Å². The summed E-state index contributed by atoms with van der Waals surface area (Å²) in [5.41, 5.74) is 3.29. The molecule has 1 aliphatic heterocycles. The number of amides is 1. The molecule has 1 aromatic heterocycles. The maximum Gasteiger partial charge on any atom is 0.251 e. The number of carbonyl (C=O) groups is 1. The lowest BCUT2D eigenvalue weighted by Crippen LogP contribution is -2.26. The molecule has 0 aliphatic carbocycles. The fourth-order valence-electron chi connectivity index (χ4n) is 2.22. The number of hydrogen-bond donors (Lipinski definition) is 2. The van der Waals surface area contributed by atoms with Crippen LogP contribution in [-0.2, 0) is 19.5 Å². The molecule has 2 N–H and O–H groups in total. The molecule has 5 heteroatoms. The Bertz CT molecular complexity index is 580. The highest BCUT2D eigenvalue weighted by Gasteiger charge is 2.12. The van der Waals surface area contributed by atoms with Crippen LogP contribution in [-0.4, -0.2) is 17.4 Å². The highest BCUT2D eigenvalue weighted by Crippen LogP contribution is 2.16. The predicted octanol–water partition coefficient (Wildman–Crippen LogP) is 1.72. The summed E-state index contributed by atoms with van der Waals surface area (Å²) in [6.45, 7) is 2.36. The van der Waals surface area contributed by atoms with Gasteiger partial charge in [-0.15, -0.1) is 11.3 Å². The molecular formula is C14H15N3OS. The summed E-state index contributed by atoms with van der Waals surface area (Å²) in [6, 6.07) is 5.95. The first-order chi connectivity index (χ1) is 9.33. The van der Waals surface area contributed by atoms with Crippen LogP contribution in [0.15, 0.2) is 29.8 Å². The fourth-order valence-corrected chi connectivity index (χ4v) is 2.78. The molecule has 1 aliphatic rings. The zero-order chi connectivity index (χ0) is 13.1. The van der Waals surface area contributed by atoms with Gasteiger partial charge in [0.1, 0.15) is 5.01 Å². The van der Waals surface area contributed by atoms with Crippen LogP contribution < -0.4 is 10.6 Å². The van der Waals surface area contributed by atoms with Gasteiger partial charge in [0.15, 0.2) is 0 Å². The van der Waals surface area contributed by atoms with E-state index in [0.29, 0.717) is 6.54 Å². The summed E-state index contributed by atoms with van der Waals surface area (Å²) in [7, 11) is 0. The Kier molecular flexibility index (Phi) is 3.57. The molecule has 0 saturated carbocycles. The van der Waals surface area contributed by atoms with Crippen molar-refractivity contribution in [1.29, 1.82) is 0 Å². The number of fused-ring (bicyclic) bond motifs is 1. The Labute approximate surface area is 115 Å². The summed E-state index contributed by atoms with van der Waals surface area (Å²) < 4.78 is 0. The fraction of sp³-hybridized carbons (Fsp3) is 0.286. The lowest BCUT2D eigenvalue weighted by Gasteiger charge is -2.17. The zero-order valence-electron chi connectivity index (χ0n) is 10.5. The first kappa shape index (κ1) is 12.3. The van der Waals surface area contributed by atoms with Crippen molar-refractivity contribution in [1.82, 2.24) is 15.6 Å². The Morgan fingerprint density at radius 1 is 1.42 bits per heavy atom. The van der Waals surface area contributed by atoms with Crippen LogP contribution in [0.4, 0.5) is 0 Å². The third-order valence-corrected chi connectivity index (χ3v) is 4.02. The minimum atomic E-state index is -0.0384. The summed E-state index contributed by atoms with van der Waals surface area (Å²) >= 11 is 1.55. The van der Waals surface area contributed by atoms with Crippen molar-refractivity contribution in [3.8, 4) is 0 Å². The molecule has 2 aromatic rings. The predicted molar refractivity (Wildman–Crippen MR) is 75.1 cm³/mol. The number of aromatic nitrogens is 1. The summed E-state index contributed by atoms with van der Waals surface area (Å²) in [5.74, 6) is -0.0384. The van der Waals surface area contributed by atoms with Gasteiger partial charge in [-0.3, -0.25) is 4.79 Å². The third-order valence-electron chi connectivity index (χ3n) is 3.24. The Hall–Kier alpha value is -1.72. The van der Waals surface area contributed by atoms with Crippen LogP contribution in [0.1, 0.15) is 26.5 Å². The molecule has 0 radical (unpaired) electrons. The molecule has 2 heterocycles. The van der Waals surface area contributed by atoms with E-state index in [-0.39, 0.29) is 5.91 Å². The minimum absolute atomic E-state index is 0.0384. The number of carbonyl (C=O) groups excluding carboxylic acids is 1. The van der Waals surface area contributed by atoms with Crippen LogP contribution in [0.5, 0.6) is 0 Å². The SMILES string of the molecule is O=C(NCc1nccs1)c1ccc2c(c1)CNCC2. The summed E-state index contributed by atoms with van der Waals surface area (Å²) in [4.78, 5) is 16.2. The minimum Gasteiger partial charge on any atom is -0.346 e. The van der Waals surface area contributed by atoms with Gasteiger partial charge in [0.05, 0.1) is 6.54 Å². The molecule has 0 bridgehead atoms. The largest absolute Gasteiger partial charge is 0.346 e. The van der Waals surface area contributed by atoms with E-state index in [1.807, 2.05) is 17.5 Å². The van der Waals surface area contributed by atoms with Crippen LogP contribution in [0.2, 0.25) is 0 Å². The van der Waals surface area contributed by atoms with E-state index in [1.54, 1.807) is 17.5 Å². The van der Waals surface area contributed by atoms with Gasteiger partial charge in [-0.1, -0.05) is 6.07 Å². The van der Waals surface area contributed by atoms with Crippen LogP contribution >= 0.6 is 11.3 Å². The van der Waals surface area contributed by atoms with Crippen LogP contribution in [0.3, 0.4) is 0 Å². The van der Waals surface area contributed by atoms with E-state index >= 15 is 0 Å². The summed E-state index contributed by atoms with van der Waals surface area (Å²) in [6.07, 6.45) is 2.78. The monoisotopic (exact) mass is 273 g/mol. The molecule has 1 aromatic carbocycles. The topological polar surface area (TPSA) is 54.0 Å². The van der Waals surface area contributed by atoms with Crippen LogP contribution in [0, 0.1) is 0 Å². The summed E-state index contributed by atoms with van der Waals surface area (Å²) in [5, 5.41) is 9.05. The lowest BCUT2D eigenvalue weighted by molar-refractivity contribution is 0.0950. The highest BCUT2D eigenvalue weighted by molar-refractivity contribution is 7.09. The maximum atomic E-state index is 12.1. The zero-order valence-corrected chi connectivity index (χ0v) is 11.3. The smallest absolute Gasteiger partial charge is 0.251 e. The second-order valence-electron chi connectivity index (χ2n) is 4.52. The van der Waals surface area contributed by atoms with Gasteiger partial charge in [-0.2, -0.15) is 0 Å². The lowest BCUT2D eigenvalue weighted by atomic mass is 9.98. The van der Waals surface area contributed by atoms with Gasteiger partial charge < -0.3 is 10.6 Å². The number of nitrogens with zero attached hydrogens (tertiary/aromatic N) is 1. The van der Waals surface area contributed by atoms with E-state index in [1.165, 1.54) is 11.1 Å². The average molecular weight is 273 g/mol. The maximum absolute atomic E-state index is 12.1. The van der Waals surface area contributed by atoms with Gasteiger partial charge in [0.2, 0.25) is 0 Å². The van der Waals surface area contributed by atoms with Crippen molar-refractivity contribution in [2.45, 2.75) is 19.5 Å². The first-order valence-electron chi connectivity index (χ1n) is 6.32. The third kappa shape index (κ3) is 2.83. The quantitative estimate of drug-likeness (QED) is 0.895. The van der Waals surface area contributed by atoms with E-state index in [9.17, 15) is 4.79 Å². The van der Waals surface area contributed by atoms with Gasteiger partial charge in [-0.05, 0) is 36.2 Å². The van der Waals surface area contributed by atoms with Crippen molar-refractivity contribution in [2.75, 3.05) is 6.54 Å². The highest BCUT2D eigenvalue weighted by atomic mass is 32.1. The van der Waals surface area contributed by atoms with Gasteiger partial charge in [-0.25, -0.2) is 4.98 Å². The second-order valence-corrected chi connectivity index (χ2v) is 5.50. The Morgan fingerprint density at radius 2 is 2.37 bits per heavy atom. The van der Waals surface area contributed by atoms with E-state index in [4.69, 9.17) is 0 Å². The second kappa shape index (κ2) is 5.50. The Morgan fingerprint density at radius 3 is 3.21 bits per heavy atom. The van der Waals surface area contributed by atoms with Crippen molar-refractivity contribution >= 4 is 17.2 Å². The number of rotatable bonds is 3. The van der Waals surface area contributed by atoms with Crippen LogP contribution in [0.25, 0.3) is 0 Å². The number of thiazole rings is 1. The number of benzene rings is 1. The molecule has 1 amide bonds. The molecule has 0 saturated heterocycles. The van der Waals surface area contributed by atoms with Crippen molar-refractivity contribution < 1.29 is 4.79 Å². The normalized spacial score (nSPS) is 13.9. The van der Waals surface area contributed by atoms with Gasteiger partial charge in [0, 0.05) is 23.7 Å². The molecule has 4 nitrogen and oxygen atoms in total. The van der Waals surface area contributed by atoms with Crippen molar-refractivity contribution in [3.63, 3.8) is 0 Å².